The number of nitro groups is 1. The van der Waals surface area contributed by atoms with E-state index in [1.165, 1.54) is 0 Å². The van der Waals surface area contributed by atoms with Crippen LogP contribution in [0, 0.1) is 15.9 Å². The smallest absolute Gasteiger partial charge is 0.292 e. The van der Waals surface area contributed by atoms with E-state index in [9.17, 15) is 19.3 Å². The van der Waals surface area contributed by atoms with Crippen LogP contribution in [0.25, 0.3) is 0 Å². The molecule has 1 amide bonds. The summed E-state index contributed by atoms with van der Waals surface area (Å²) in [6, 6.07) is 3.00. The van der Waals surface area contributed by atoms with Gasteiger partial charge in [0.15, 0.2) is 0 Å². The first kappa shape index (κ1) is 15.3. The van der Waals surface area contributed by atoms with Gasteiger partial charge in [-0.1, -0.05) is 0 Å². The highest BCUT2D eigenvalue weighted by Crippen LogP contribution is 2.24. The minimum Gasteiger partial charge on any atom is -0.319 e. The molecule has 0 atom stereocenters. The highest BCUT2D eigenvalue weighted by molar-refractivity contribution is 5.94. The highest BCUT2D eigenvalue weighted by atomic mass is 19.1. The lowest BCUT2D eigenvalue weighted by atomic mass is 10.2. The van der Waals surface area contributed by atoms with Crippen molar-refractivity contribution in [2.24, 2.45) is 0 Å². The molecule has 1 heterocycles. The minimum atomic E-state index is -0.648. The molecule has 2 N–H and O–H groups in total. The average Bonchev–Trinajstić information content (AvgIpc) is 2.66. The molecule has 1 fully saturated rings. The average molecular weight is 296 g/mol. The number of carbonyl (C=O) groups excluding carboxylic acids is 1. The number of benzene rings is 1. The zero-order chi connectivity index (χ0) is 15.2. The van der Waals surface area contributed by atoms with Gasteiger partial charge in [0, 0.05) is 25.2 Å². The van der Waals surface area contributed by atoms with Gasteiger partial charge in [0.05, 0.1) is 11.5 Å². The van der Waals surface area contributed by atoms with Crippen molar-refractivity contribution in [2.75, 3.05) is 38.0 Å². The van der Waals surface area contributed by atoms with Crippen LogP contribution in [0.5, 0.6) is 0 Å². The molecule has 0 aromatic heterocycles. The summed E-state index contributed by atoms with van der Waals surface area (Å²) >= 11 is 0. The topological polar surface area (TPSA) is 87.5 Å². The lowest BCUT2D eigenvalue weighted by molar-refractivity contribution is -0.384. The summed E-state index contributed by atoms with van der Waals surface area (Å²) in [5.41, 5.74) is -0.430. The molecule has 0 radical (unpaired) electrons. The van der Waals surface area contributed by atoms with E-state index in [1.54, 1.807) is 0 Å². The monoisotopic (exact) mass is 296 g/mol. The highest BCUT2D eigenvalue weighted by Gasteiger charge is 2.18. The molecular weight excluding hydrogens is 279 g/mol. The van der Waals surface area contributed by atoms with Crippen LogP contribution in [-0.2, 0) is 4.79 Å². The molecule has 1 aromatic rings. The van der Waals surface area contributed by atoms with Crippen molar-refractivity contribution in [2.45, 2.75) is 6.42 Å². The van der Waals surface area contributed by atoms with E-state index >= 15 is 0 Å². The van der Waals surface area contributed by atoms with Crippen LogP contribution in [0.2, 0.25) is 0 Å². The maximum absolute atomic E-state index is 13.2. The van der Waals surface area contributed by atoms with E-state index in [-0.39, 0.29) is 23.8 Å². The summed E-state index contributed by atoms with van der Waals surface area (Å²) in [7, 11) is 0. The molecule has 1 aromatic carbocycles. The fourth-order valence-corrected chi connectivity index (χ4v) is 2.22. The van der Waals surface area contributed by atoms with Gasteiger partial charge >= 0.3 is 0 Å². The largest absolute Gasteiger partial charge is 0.319 e. The van der Waals surface area contributed by atoms with Crippen LogP contribution in [0.3, 0.4) is 0 Å². The molecule has 2 rings (SSSR count). The van der Waals surface area contributed by atoms with Crippen molar-refractivity contribution in [3.63, 3.8) is 0 Å². The van der Waals surface area contributed by atoms with Gasteiger partial charge in [-0.25, -0.2) is 4.39 Å². The quantitative estimate of drug-likeness (QED) is 0.638. The number of nitro benzene ring substituents is 1. The van der Waals surface area contributed by atoms with E-state index in [0.717, 1.165) is 50.8 Å². The van der Waals surface area contributed by atoms with Gasteiger partial charge in [-0.15, -0.1) is 0 Å². The molecule has 0 bridgehead atoms. The summed E-state index contributed by atoms with van der Waals surface area (Å²) in [6.07, 6.45) is 0.938. The summed E-state index contributed by atoms with van der Waals surface area (Å²) in [4.78, 5) is 24.1. The number of hydrogen-bond acceptors (Lipinski definition) is 5. The summed E-state index contributed by atoms with van der Waals surface area (Å²) in [6.45, 7) is 3.36. The first-order chi connectivity index (χ1) is 10.1. The summed E-state index contributed by atoms with van der Waals surface area (Å²) in [5.74, 6) is -1.01. The van der Waals surface area contributed by atoms with Gasteiger partial charge < -0.3 is 10.6 Å². The van der Waals surface area contributed by atoms with Crippen LogP contribution >= 0.6 is 0 Å². The minimum absolute atomic E-state index is 0.113. The molecule has 0 spiro atoms. The van der Waals surface area contributed by atoms with Gasteiger partial charge in [-0.3, -0.25) is 19.8 Å². The standard InChI is InChI=1S/C13H17FN4O3/c14-10-2-3-12(18(20)21)11(8-10)16-13(19)9-17-6-1-4-15-5-7-17/h2-3,8,15H,1,4-7,9H2,(H,16,19). The van der Waals surface area contributed by atoms with Crippen molar-refractivity contribution < 1.29 is 14.1 Å². The number of carbonyl (C=O) groups is 1. The number of hydrogen-bond donors (Lipinski definition) is 2. The van der Waals surface area contributed by atoms with Gasteiger partial charge in [0.1, 0.15) is 11.5 Å². The molecule has 0 saturated carbocycles. The zero-order valence-electron chi connectivity index (χ0n) is 11.5. The van der Waals surface area contributed by atoms with Crippen molar-refractivity contribution in [1.82, 2.24) is 10.2 Å². The second-order valence-corrected chi connectivity index (χ2v) is 4.85. The van der Waals surface area contributed by atoms with E-state index in [0.29, 0.717) is 0 Å². The second-order valence-electron chi connectivity index (χ2n) is 4.85. The first-order valence-corrected chi connectivity index (χ1v) is 6.73. The Morgan fingerprint density at radius 1 is 1.43 bits per heavy atom. The number of amides is 1. The predicted octanol–water partition coefficient (Wildman–Crippen LogP) is 0.968. The Morgan fingerprint density at radius 3 is 3.00 bits per heavy atom. The SMILES string of the molecule is O=C(CN1CCCNCC1)Nc1cc(F)ccc1[N+](=O)[O-]. The fourth-order valence-electron chi connectivity index (χ4n) is 2.22. The zero-order valence-corrected chi connectivity index (χ0v) is 11.5. The molecule has 7 nitrogen and oxygen atoms in total. The molecule has 1 saturated heterocycles. The molecule has 1 aliphatic heterocycles. The molecule has 1 aliphatic rings. The molecule has 21 heavy (non-hydrogen) atoms. The Labute approximate surface area is 121 Å². The fraction of sp³-hybridized carbons (Fsp3) is 0.462. The Bertz CT molecular complexity index is 530. The Morgan fingerprint density at radius 2 is 2.24 bits per heavy atom. The van der Waals surface area contributed by atoms with Gasteiger partial charge in [-0.05, 0) is 25.6 Å². The number of anilines is 1. The van der Waals surface area contributed by atoms with E-state index in [1.807, 2.05) is 4.90 Å². The molecular formula is C13H17FN4O3. The third kappa shape index (κ3) is 4.47. The third-order valence-electron chi connectivity index (χ3n) is 3.23. The second kappa shape index (κ2) is 7.09. The lowest BCUT2D eigenvalue weighted by Gasteiger charge is -2.18. The predicted molar refractivity (Wildman–Crippen MR) is 75.6 cm³/mol. The Kier molecular flexibility index (Phi) is 5.18. The number of rotatable bonds is 4. The maximum Gasteiger partial charge on any atom is 0.292 e. The van der Waals surface area contributed by atoms with Gasteiger partial charge in [-0.2, -0.15) is 0 Å². The van der Waals surface area contributed by atoms with Crippen molar-refractivity contribution in [3.05, 3.63) is 34.1 Å². The van der Waals surface area contributed by atoms with E-state index in [2.05, 4.69) is 10.6 Å². The van der Waals surface area contributed by atoms with E-state index < -0.39 is 10.7 Å². The first-order valence-electron chi connectivity index (χ1n) is 6.73. The van der Waals surface area contributed by atoms with Crippen LogP contribution in [0.4, 0.5) is 15.8 Å². The van der Waals surface area contributed by atoms with Gasteiger partial charge in [0.25, 0.3) is 5.69 Å². The van der Waals surface area contributed by atoms with Crippen molar-refractivity contribution in [1.29, 1.82) is 0 Å². The normalized spacial score (nSPS) is 16.2. The van der Waals surface area contributed by atoms with Crippen LogP contribution < -0.4 is 10.6 Å². The number of nitrogens with zero attached hydrogens (tertiary/aromatic N) is 2. The summed E-state index contributed by atoms with van der Waals surface area (Å²) in [5, 5.41) is 16.5. The number of nitrogens with one attached hydrogen (secondary N) is 2. The number of halogens is 1. The Hall–Kier alpha value is -2.06. The lowest BCUT2D eigenvalue weighted by Crippen LogP contribution is -2.35. The van der Waals surface area contributed by atoms with Crippen molar-refractivity contribution in [3.8, 4) is 0 Å². The van der Waals surface area contributed by atoms with Crippen molar-refractivity contribution >= 4 is 17.3 Å². The van der Waals surface area contributed by atoms with E-state index in [4.69, 9.17) is 0 Å². The molecule has 0 unspecified atom stereocenters. The molecule has 0 aliphatic carbocycles. The molecule has 8 heteroatoms. The van der Waals surface area contributed by atoms with Crippen LogP contribution in [0.1, 0.15) is 6.42 Å². The Balaban J connectivity index is 2.01. The van der Waals surface area contributed by atoms with Crippen LogP contribution in [-0.4, -0.2) is 48.5 Å². The maximum atomic E-state index is 13.2. The van der Waals surface area contributed by atoms with Gasteiger partial charge in [0.2, 0.25) is 5.91 Å². The summed E-state index contributed by atoms with van der Waals surface area (Å²) < 4.78 is 13.2. The van der Waals surface area contributed by atoms with Crippen LogP contribution in [0.15, 0.2) is 18.2 Å². The third-order valence-corrected chi connectivity index (χ3v) is 3.23. The molecule has 114 valence electrons.